The van der Waals surface area contributed by atoms with Crippen LogP contribution < -0.4 is 10.6 Å². The highest BCUT2D eigenvalue weighted by molar-refractivity contribution is 5.84. The van der Waals surface area contributed by atoms with Gasteiger partial charge in [0.1, 0.15) is 0 Å². The second-order valence-electron chi connectivity index (χ2n) is 5.22. The van der Waals surface area contributed by atoms with E-state index in [9.17, 15) is 9.59 Å². The van der Waals surface area contributed by atoms with E-state index in [0.29, 0.717) is 19.0 Å². The third-order valence-electron chi connectivity index (χ3n) is 3.71. The molecule has 102 valence electrons. The summed E-state index contributed by atoms with van der Waals surface area (Å²) >= 11 is 0. The van der Waals surface area contributed by atoms with Crippen LogP contribution in [-0.4, -0.2) is 48.9 Å². The summed E-state index contributed by atoms with van der Waals surface area (Å²) in [5.41, 5.74) is 0. The number of likely N-dealkylation sites (tertiary alicyclic amines) is 1. The molecule has 1 atom stereocenters. The van der Waals surface area contributed by atoms with Gasteiger partial charge in [0.15, 0.2) is 0 Å². The SMILES string of the molecule is O=C(CN1CCCCCC1=O)NCC1CCCN1. The molecule has 2 fully saturated rings. The van der Waals surface area contributed by atoms with Crippen molar-refractivity contribution in [3.05, 3.63) is 0 Å². The molecule has 2 aliphatic heterocycles. The van der Waals surface area contributed by atoms with Crippen LogP contribution >= 0.6 is 0 Å². The van der Waals surface area contributed by atoms with Gasteiger partial charge in [0.05, 0.1) is 6.54 Å². The molecule has 0 aromatic carbocycles. The highest BCUT2D eigenvalue weighted by Crippen LogP contribution is 2.10. The molecular formula is C13H23N3O2. The second-order valence-corrected chi connectivity index (χ2v) is 5.22. The lowest BCUT2D eigenvalue weighted by Gasteiger charge is -2.20. The van der Waals surface area contributed by atoms with Crippen molar-refractivity contribution in [1.29, 1.82) is 0 Å². The van der Waals surface area contributed by atoms with Crippen LogP contribution in [0.3, 0.4) is 0 Å². The van der Waals surface area contributed by atoms with E-state index < -0.39 is 0 Å². The van der Waals surface area contributed by atoms with Crippen LogP contribution in [0.25, 0.3) is 0 Å². The van der Waals surface area contributed by atoms with Crippen molar-refractivity contribution in [3.63, 3.8) is 0 Å². The van der Waals surface area contributed by atoms with Crippen LogP contribution in [-0.2, 0) is 9.59 Å². The first-order valence-electron chi connectivity index (χ1n) is 7.03. The number of rotatable bonds is 4. The molecule has 2 amide bonds. The molecule has 0 aromatic rings. The van der Waals surface area contributed by atoms with Crippen molar-refractivity contribution in [1.82, 2.24) is 15.5 Å². The molecule has 0 spiro atoms. The lowest BCUT2D eigenvalue weighted by atomic mass is 10.2. The van der Waals surface area contributed by atoms with Crippen LogP contribution in [0.2, 0.25) is 0 Å². The Labute approximate surface area is 108 Å². The monoisotopic (exact) mass is 253 g/mol. The molecule has 0 saturated carbocycles. The van der Waals surface area contributed by atoms with Gasteiger partial charge in [-0.1, -0.05) is 6.42 Å². The first-order chi connectivity index (χ1) is 8.75. The Morgan fingerprint density at radius 2 is 2.22 bits per heavy atom. The minimum absolute atomic E-state index is 0.0288. The first-order valence-corrected chi connectivity index (χ1v) is 7.03. The lowest BCUT2D eigenvalue weighted by Crippen LogP contribution is -2.44. The number of hydrogen-bond donors (Lipinski definition) is 2. The zero-order chi connectivity index (χ0) is 12.8. The molecule has 2 N–H and O–H groups in total. The first kappa shape index (κ1) is 13.3. The van der Waals surface area contributed by atoms with E-state index in [0.717, 1.165) is 38.8 Å². The summed E-state index contributed by atoms with van der Waals surface area (Å²) in [7, 11) is 0. The van der Waals surface area contributed by atoms with Gasteiger partial charge in [-0.3, -0.25) is 9.59 Å². The van der Waals surface area contributed by atoms with Gasteiger partial charge in [-0.2, -0.15) is 0 Å². The van der Waals surface area contributed by atoms with Gasteiger partial charge in [0.25, 0.3) is 0 Å². The summed E-state index contributed by atoms with van der Waals surface area (Å²) < 4.78 is 0. The fraction of sp³-hybridized carbons (Fsp3) is 0.846. The number of nitrogens with one attached hydrogen (secondary N) is 2. The minimum atomic E-state index is -0.0288. The molecule has 0 aromatic heterocycles. The molecular weight excluding hydrogens is 230 g/mol. The smallest absolute Gasteiger partial charge is 0.239 e. The van der Waals surface area contributed by atoms with E-state index in [4.69, 9.17) is 0 Å². The summed E-state index contributed by atoms with van der Waals surface area (Å²) in [5, 5.41) is 6.26. The van der Waals surface area contributed by atoms with Crippen LogP contribution in [0.15, 0.2) is 0 Å². The summed E-state index contributed by atoms with van der Waals surface area (Å²) in [6.07, 6.45) is 5.98. The lowest BCUT2D eigenvalue weighted by molar-refractivity contribution is -0.135. The topological polar surface area (TPSA) is 61.4 Å². The maximum atomic E-state index is 11.8. The zero-order valence-corrected chi connectivity index (χ0v) is 10.9. The van der Waals surface area contributed by atoms with E-state index in [1.165, 1.54) is 6.42 Å². The molecule has 0 radical (unpaired) electrons. The third-order valence-corrected chi connectivity index (χ3v) is 3.71. The van der Waals surface area contributed by atoms with Crippen LogP contribution in [0.5, 0.6) is 0 Å². The molecule has 18 heavy (non-hydrogen) atoms. The molecule has 2 rings (SSSR count). The van der Waals surface area contributed by atoms with E-state index >= 15 is 0 Å². The Morgan fingerprint density at radius 3 is 3.00 bits per heavy atom. The van der Waals surface area contributed by atoms with Crippen molar-refractivity contribution >= 4 is 11.8 Å². The van der Waals surface area contributed by atoms with Gasteiger partial charge in [-0.25, -0.2) is 0 Å². The number of carbonyl (C=O) groups is 2. The molecule has 2 saturated heterocycles. The highest BCUT2D eigenvalue weighted by Gasteiger charge is 2.20. The predicted octanol–water partition coefficient (Wildman–Crippen LogP) is 0.257. The standard InChI is InChI=1S/C13H23N3O2/c17-12(15-9-11-5-4-7-14-11)10-16-8-3-1-2-6-13(16)18/h11,14H,1-10H2,(H,15,17). The quantitative estimate of drug-likeness (QED) is 0.755. The molecule has 5 heteroatoms. The largest absolute Gasteiger partial charge is 0.353 e. The maximum Gasteiger partial charge on any atom is 0.239 e. The van der Waals surface area contributed by atoms with Crippen molar-refractivity contribution < 1.29 is 9.59 Å². The van der Waals surface area contributed by atoms with E-state index in [2.05, 4.69) is 10.6 Å². The number of nitrogens with zero attached hydrogens (tertiary/aromatic N) is 1. The Balaban J connectivity index is 1.70. The summed E-state index contributed by atoms with van der Waals surface area (Å²) in [6, 6.07) is 0.411. The van der Waals surface area contributed by atoms with Gasteiger partial charge in [0.2, 0.25) is 11.8 Å². The fourth-order valence-electron chi connectivity index (χ4n) is 2.60. The van der Waals surface area contributed by atoms with Crippen molar-refractivity contribution in [2.45, 2.75) is 44.6 Å². The average molecular weight is 253 g/mol. The van der Waals surface area contributed by atoms with Crippen molar-refractivity contribution in [2.24, 2.45) is 0 Å². The van der Waals surface area contributed by atoms with Gasteiger partial charge in [-0.05, 0) is 32.2 Å². The van der Waals surface area contributed by atoms with Crippen LogP contribution in [0.1, 0.15) is 38.5 Å². The van der Waals surface area contributed by atoms with Gasteiger partial charge in [-0.15, -0.1) is 0 Å². The summed E-state index contributed by atoms with van der Waals surface area (Å²) in [6.45, 7) is 2.69. The van der Waals surface area contributed by atoms with E-state index in [1.54, 1.807) is 4.90 Å². The Kier molecular flexibility index (Phi) is 4.99. The highest BCUT2D eigenvalue weighted by atomic mass is 16.2. The average Bonchev–Trinajstić information content (AvgIpc) is 2.80. The molecule has 5 nitrogen and oxygen atoms in total. The normalized spacial score (nSPS) is 25.0. The molecule has 0 bridgehead atoms. The summed E-state index contributed by atoms with van der Waals surface area (Å²) in [4.78, 5) is 25.2. The Hall–Kier alpha value is -1.10. The van der Waals surface area contributed by atoms with Crippen molar-refractivity contribution in [2.75, 3.05) is 26.2 Å². The molecule has 0 aliphatic carbocycles. The van der Waals surface area contributed by atoms with Crippen LogP contribution in [0, 0.1) is 0 Å². The number of carbonyl (C=O) groups excluding carboxylic acids is 2. The fourth-order valence-corrected chi connectivity index (χ4v) is 2.60. The zero-order valence-electron chi connectivity index (χ0n) is 10.9. The van der Waals surface area contributed by atoms with Crippen LogP contribution in [0.4, 0.5) is 0 Å². The van der Waals surface area contributed by atoms with Crippen molar-refractivity contribution in [3.8, 4) is 0 Å². The molecule has 2 heterocycles. The predicted molar refractivity (Wildman–Crippen MR) is 69.1 cm³/mol. The van der Waals surface area contributed by atoms with Gasteiger partial charge < -0.3 is 15.5 Å². The van der Waals surface area contributed by atoms with Gasteiger partial charge >= 0.3 is 0 Å². The third kappa shape index (κ3) is 3.98. The Morgan fingerprint density at radius 1 is 1.33 bits per heavy atom. The van der Waals surface area contributed by atoms with E-state index in [1.807, 2.05) is 0 Å². The number of amides is 2. The second kappa shape index (κ2) is 6.73. The number of hydrogen-bond acceptors (Lipinski definition) is 3. The maximum absolute atomic E-state index is 11.8. The van der Waals surface area contributed by atoms with E-state index in [-0.39, 0.29) is 18.4 Å². The summed E-state index contributed by atoms with van der Waals surface area (Å²) in [5.74, 6) is 0.0978. The van der Waals surface area contributed by atoms with Gasteiger partial charge in [0, 0.05) is 25.6 Å². The molecule has 1 unspecified atom stereocenters. The minimum Gasteiger partial charge on any atom is -0.353 e. The molecule has 2 aliphatic rings. The Bertz CT molecular complexity index is 301.